The van der Waals surface area contributed by atoms with Crippen molar-refractivity contribution in [3.05, 3.63) is 71.2 Å². The van der Waals surface area contributed by atoms with Crippen LogP contribution in [0.15, 0.2) is 65.6 Å². The zero-order valence-corrected chi connectivity index (χ0v) is 22.7. The molecular weight excluding hydrogens is 520 g/mol. The van der Waals surface area contributed by atoms with Gasteiger partial charge < -0.3 is 24.3 Å². The molecule has 0 heterocycles. The van der Waals surface area contributed by atoms with Crippen LogP contribution in [0.2, 0.25) is 5.02 Å². The summed E-state index contributed by atoms with van der Waals surface area (Å²) in [4.78, 5) is 13.1. The van der Waals surface area contributed by atoms with E-state index in [1.165, 1.54) is 58.8 Å². The van der Waals surface area contributed by atoms with Gasteiger partial charge in [0.1, 0.15) is 18.0 Å². The zero-order valence-electron chi connectivity index (χ0n) is 21.1. The van der Waals surface area contributed by atoms with Gasteiger partial charge in [0.05, 0.1) is 45.1 Å². The summed E-state index contributed by atoms with van der Waals surface area (Å²) in [6.45, 7) is 1.28. The van der Waals surface area contributed by atoms with Crippen molar-refractivity contribution in [1.29, 1.82) is 0 Å². The lowest BCUT2D eigenvalue weighted by molar-refractivity contribution is -0.120. The van der Waals surface area contributed by atoms with Crippen molar-refractivity contribution < 1.29 is 32.2 Å². The van der Waals surface area contributed by atoms with Gasteiger partial charge >= 0.3 is 0 Å². The van der Waals surface area contributed by atoms with Crippen LogP contribution in [0.1, 0.15) is 18.5 Å². The van der Waals surface area contributed by atoms with Gasteiger partial charge in [-0.2, -0.15) is 0 Å². The highest BCUT2D eigenvalue weighted by molar-refractivity contribution is 7.92. The molecular formula is C26H29ClN2O7S. The largest absolute Gasteiger partial charge is 0.497 e. The first-order valence-corrected chi connectivity index (χ1v) is 13.0. The number of amides is 1. The Hall–Kier alpha value is -3.63. The third-order valence-corrected chi connectivity index (χ3v) is 7.65. The standard InChI is InChI=1S/C26H29ClN2O7S/c1-17(22-14-20(33-2)10-12-23(22)34-3)28-26(30)16-29(19-8-6-18(27)7-9-19)37(31,32)21-11-13-24(35-4)25(15-21)36-5/h6-15,17H,16H2,1-5H3,(H,28,30)/t17-/m0/s1. The third kappa shape index (κ3) is 6.39. The molecule has 0 bridgehead atoms. The van der Waals surface area contributed by atoms with Crippen LogP contribution in [0.25, 0.3) is 0 Å². The molecule has 0 aliphatic carbocycles. The van der Waals surface area contributed by atoms with Crippen molar-refractivity contribution in [2.75, 3.05) is 39.3 Å². The molecule has 0 fully saturated rings. The van der Waals surface area contributed by atoms with Gasteiger partial charge in [-0.05, 0) is 61.5 Å². The predicted molar refractivity (Wildman–Crippen MR) is 142 cm³/mol. The smallest absolute Gasteiger partial charge is 0.264 e. The Bertz CT molecular complexity index is 1350. The molecule has 1 amide bonds. The molecule has 198 valence electrons. The number of rotatable bonds is 11. The highest BCUT2D eigenvalue weighted by Crippen LogP contribution is 2.33. The number of carbonyl (C=O) groups excluding carboxylic acids is 1. The maximum Gasteiger partial charge on any atom is 0.264 e. The molecule has 0 saturated heterocycles. The van der Waals surface area contributed by atoms with Crippen LogP contribution in [-0.4, -0.2) is 49.3 Å². The summed E-state index contributed by atoms with van der Waals surface area (Å²) < 4.78 is 49.7. The first-order chi connectivity index (χ1) is 17.6. The zero-order chi connectivity index (χ0) is 27.2. The van der Waals surface area contributed by atoms with E-state index in [9.17, 15) is 13.2 Å². The Kier molecular flexibility index (Phi) is 9.12. The monoisotopic (exact) mass is 548 g/mol. The van der Waals surface area contributed by atoms with E-state index in [0.717, 1.165) is 4.31 Å². The number of methoxy groups -OCH3 is 4. The fourth-order valence-electron chi connectivity index (χ4n) is 3.70. The van der Waals surface area contributed by atoms with Gasteiger partial charge in [-0.3, -0.25) is 9.10 Å². The van der Waals surface area contributed by atoms with Crippen molar-refractivity contribution in [1.82, 2.24) is 5.32 Å². The third-order valence-electron chi connectivity index (χ3n) is 5.63. The Labute approximate surface area is 221 Å². The van der Waals surface area contributed by atoms with E-state index in [1.807, 2.05) is 0 Å². The Balaban J connectivity index is 1.95. The number of sulfonamides is 1. The lowest BCUT2D eigenvalue weighted by atomic mass is 10.1. The molecule has 3 aromatic rings. The van der Waals surface area contributed by atoms with E-state index in [1.54, 1.807) is 37.3 Å². The second kappa shape index (κ2) is 12.1. The predicted octanol–water partition coefficient (Wildman–Crippen LogP) is 4.45. The first kappa shape index (κ1) is 27.9. The number of hydrogen-bond acceptors (Lipinski definition) is 7. The number of carbonyl (C=O) groups is 1. The summed E-state index contributed by atoms with van der Waals surface area (Å²) >= 11 is 6.02. The Morgan fingerprint density at radius 3 is 2.08 bits per heavy atom. The number of hydrogen-bond donors (Lipinski definition) is 1. The van der Waals surface area contributed by atoms with E-state index >= 15 is 0 Å². The molecule has 0 radical (unpaired) electrons. The fourth-order valence-corrected chi connectivity index (χ4v) is 5.26. The quantitative estimate of drug-likeness (QED) is 0.377. The van der Waals surface area contributed by atoms with Crippen LogP contribution < -0.4 is 28.6 Å². The van der Waals surface area contributed by atoms with Gasteiger partial charge in [-0.25, -0.2) is 8.42 Å². The number of anilines is 1. The van der Waals surface area contributed by atoms with Crippen LogP contribution in [0.4, 0.5) is 5.69 Å². The normalized spacial score (nSPS) is 11.8. The SMILES string of the molecule is COc1ccc(OC)c([C@H](C)NC(=O)CN(c2ccc(Cl)cc2)S(=O)(=O)c2ccc(OC)c(OC)c2)c1. The first-order valence-electron chi connectivity index (χ1n) is 11.2. The molecule has 11 heteroatoms. The van der Waals surface area contributed by atoms with Crippen LogP contribution in [0.3, 0.4) is 0 Å². The number of nitrogens with zero attached hydrogens (tertiary/aromatic N) is 1. The van der Waals surface area contributed by atoms with Crippen LogP contribution >= 0.6 is 11.6 Å². The van der Waals surface area contributed by atoms with Crippen LogP contribution in [0, 0.1) is 0 Å². The Morgan fingerprint density at radius 2 is 1.49 bits per heavy atom. The van der Waals surface area contributed by atoms with E-state index in [2.05, 4.69) is 5.32 Å². The average molecular weight is 549 g/mol. The molecule has 1 N–H and O–H groups in total. The second-order valence-electron chi connectivity index (χ2n) is 7.90. The fraction of sp³-hybridized carbons (Fsp3) is 0.269. The number of benzene rings is 3. The highest BCUT2D eigenvalue weighted by Gasteiger charge is 2.29. The molecule has 9 nitrogen and oxygen atoms in total. The molecule has 0 spiro atoms. The minimum absolute atomic E-state index is 0.0737. The molecule has 37 heavy (non-hydrogen) atoms. The molecule has 0 aliphatic rings. The number of nitrogens with one attached hydrogen (secondary N) is 1. The second-order valence-corrected chi connectivity index (χ2v) is 10.2. The van der Waals surface area contributed by atoms with E-state index in [4.69, 9.17) is 30.5 Å². The van der Waals surface area contributed by atoms with Crippen molar-refractivity contribution in [3.63, 3.8) is 0 Å². The molecule has 3 aromatic carbocycles. The van der Waals surface area contributed by atoms with Crippen molar-refractivity contribution in [3.8, 4) is 23.0 Å². The van der Waals surface area contributed by atoms with Crippen molar-refractivity contribution >= 4 is 33.2 Å². The van der Waals surface area contributed by atoms with Crippen LogP contribution in [-0.2, 0) is 14.8 Å². The average Bonchev–Trinajstić information content (AvgIpc) is 2.91. The number of ether oxygens (including phenoxy) is 4. The summed E-state index contributed by atoms with van der Waals surface area (Å²) in [6, 6.07) is 15.1. The molecule has 1 atom stereocenters. The van der Waals surface area contributed by atoms with E-state index in [-0.39, 0.29) is 16.3 Å². The van der Waals surface area contributed by atoms with E-state index in [0.29, 0.717) is 27.8 Å². The van der Waals surface area contributed by atoms with E-state index < -0.39 is 28.5 Å². The molecule has 0 aromatic heterocycles. The van der Waals surface area contributed by atoms with Gasteiger partial charge in [0.2, 0.25) is 5.91 Å². The van der Waals surface area contributed by atoms with Gasteiger partial charge in [-0.15, -0.1) is 0 Å². The summed E-state index contributed by atoms with van der Waals surface area (Å²) in [6.07, 6.45) is 0. The summed E-state index contributed by atoms with van der Waals surface area (Å²) in [5.74, 6) is 1.23. The summed E-state index contributed by atoms with van der Waals surface area (Å²) in [7, 11) is 1.73. The molecule has 0 aliphatic heterocycles. The molecule has 3 rings (SSSR count). The summed E-state index contributed by atoms with van der Waals surface area (Å²) in [5.41, 5.74) is 0.942. The van der Waals surface area contributed by atoms with Gasteiger partial charge in [0.25, 0.3) is 10.0 Å². The lowest BCUT2D eigenvalue weighted by Gasteiger charge is -2.26. The minimum Gasteiger partial charge on any atom is -0.497 e. The van der Waals surface area contributed by atoms with Gasteiger partial charge in [0.15, 0.2) is 11.5 Å². The summed E-state index contributed by atoms with van der Waals surface area (Å²) in [5, 5.41) is 3.27. The Morgan fingerprint density at radius 1 is 0.865 bits per heavy atom. The minimum atomic E-state index is -4.19. The highest BCUT2D eigenvalue weighted by atomic mass is 35.5. The maximum atomic E-state index is 13.7. The van der Waals surface area contributed by atoms with Crippen LogP contribution in [0.5, 0.6) is 23.0 Å². The lowest BCUT2D eigenvalue weighted by Crippen LogP contribution is -2.41. The number of halogens is 1. The van der Waals surface area contributed by atoms with Crippen molar-refractivity contribution in [2.45, 2.75) is 17.9 Å². The van der Waals surface area contributed by atoms with Gasteiger partial charge in [-0.1, -0.05) is 11.6 Å². The topological polar surface area (TPSA) is 103 Å². The molecule has 0 saturated carbocycles. The molecule has 0 unspecified atom stereocenters. The van der Waals surface area contributed by atoms with Crippen molar-refractivity contribution in [2.24, 2.45) is 0 Å². The van der Waals surface area contributed by atoms with Gasteiger partial charge in [0, 0.05) is 16.7 Å². The maximum absolute atomic E-state index is 13.7.